The van der Waals surface area contributed by atoms with Gasteiger partial charge in [0, 0.05) is 39.4 Å². The van der Waals surface area contributed by atoms with Gasteiger partial charge in [-0.2, -0.15) is 10.4 Å². The van der Waals surface area contributed by atoms with Crippen LogP contribution in [0.15, 0.2) is 81.9 Å². The van der Waals surface area contributed by atoms with Crippen molar-refractivity contribution < 1.29 is 19.4 Å². The van der Waals surface area contributed by atoms with E-state index in [1.54, 1.807) is 17.5 Å². The number of halogens is 1. The number of carbonyl (C=O) groups excluding carboxylic acids is 2. The quantitative estimate of drug-likeness (QED) is 0.147. The number of carbonyl (C=O) groups is 2. The van der Waals surface area contributed by atoms with Crippen molar-refractivity contribution in [1.29, 1.82) is 5.26 Å². The second kappa shape index (κ2) is 12.6. The molecule has 41 heavy (non-hydrogen) atoms. The predicted octanol–water partition coefficient (Wildman–Crippen LogP) is 4.82. The summed E-state index contributed by atoms with van der Waals surface area (Å²) >= 11 is 4.42. The van der Waals surface area contributed by atoms with Crippen LogP contribution in [0.4, 0.5) is 17.1 Å². The molecule has 0 saturated carbocycles. The normalized spacial score (nSPS) is 11.7. The maximum atomic E-state index is 13.4. The van der Waals surface area contributed by atoms with Crippen LogP contribution in [-0.2, 0) is 4.79 Å². The molecule has 2 heterocycles. The first-order valence-electron chi connectivity index (χ1n) is 11.3. The Hall–Kier alpha value is -5.40. The summed E-state index contributed by atoms with van der Waals surface area (Å²) in [6, 6.07) is 14.6. The number of hydrogen-bond acceptors (Lipinski definition) is 11. The van der Waals surface area contributed by atoms with E-state index in [0.29, 0.717) is 11.8 Å². The zero-order valence-electron chi connectivity index (χ0n) is 20.4. The second-order valence-electron chi connectivity index (χ2n) is 7.98. The molecule has 1 atom stereocenters. The van der Waals surface area contributed by atoms with Gasteiger partial charge in [0.05, 0.1) is 27.7 Å². The first-order valence-corrected chi connectivity index (χ1v) is 13.0. The predicted molar refractivity (Wildman–Crippen MR) is 151 cm³/mol. The molecular weight excluding hydrogens is 620 g/mol. The zero-order valence-corrected chi connectivity index (χ0v) is 22.8. The van der Waals surface area contributed by atoms with E-state index in [9.17, 15) is 35.1 Å². The third-order valence-electron chi connectivity index (χ3n) is 5.40. The van der Waals surface area contributed by atoms with Gasteiger partial charge < -0.3 is 5.32 Å². The summed E-state index contributed by atoms with van der Waals surface area (Å²) in [5.74, 6) is -3.20. The van der Waals surface area contributed by atoms with Gasteiger partial charge in [-0.25, -0.2) is 10.4 Å². The number of rotatable bonds is 9. The van der Waals surface area contributed by atoms with E-state index in [1.165, 1.54) is 24.5 Å². The number of hydrazone groups is 1. The van der Waals surface area contributed by atoms with E-state index in [2.05, 4.69) is 41.7 Å². The van der Waals surface area contributed by atoms with Crippen molar-refractivity contribution in [3.63, 3.8) is 0 Å². The molecule has 2 aromatic carbocycles. The molecule has 4 rings (SSSR count). The van der Waals surface area contributed by atoms with Gasteiger partial charge in [0.1, 0.15) is 22.3 Å². The molecule has 204 valence electrons. The number of thiazole rings is 1. The summed E-state index contributed by atoms with van der Waals surface area (Å²) in [4.78, 5) is 55.2. The Kier molecular flexibility index (Phi) is 8.82. The molecule has 0 radical (unpaired) electrons. The topological polar surface area (TPSA) is 206 Å². The fourth-order valence-corrected chi connectivity index (χ4v) is 4.55. The van der Waals surface area contributed by atoms with Crippen molar-refractivity contribution in [2.75, 3.05) is 5.32 Å². The Balaban J connectivity index is 1.71. The summed E-state index contributed by atoms with van der Waals surface area (Å²) in [5, 5.41) is 40.7. The summed E-state index contributed by atoms with van der Waals surface area (Å²) in [5.41, 5.74) is 1.40. The maximum absolute atomic E-state index is 13.4. The number of non-ortho nitro benzene ring substituents is 1. The monoisotopic (exact) mass is 634 g/mol. The highest BCUT2D eigenvalue weighted by Gasteiger charge is 2.30. The molecule has 0 saturated heterocycles. The summed E-state index contributed by atoms with van der Waals surface area (Å²) < 4.78 is 0.850. The molecule has 2 aromatic heterocycles. The third kappa shape index (κ3) is 6.79. The van der Waals surface area contributed by atoms with Crippen molar-refractivity contribution in [3.8, 4) is 17.3 Å². The number of nitro groups is 2. The molecule has 0 aliphatic rings. The minimum Gasteiger partial charge on any atom is -0.315 e. The van der Waals surface area contributed by atoms with Gasteiger partial charge in [-0.05, 0) is 30.3 Å². The molecule has 16 heteroatoms. The standard InChI is InChI=1S/C25H15BrN8O6S/c26-16-3-1-14(2-4-16)20-13-41-25(30-20)18(12-27)22(31-32-23(35)15-7-9-28-10-8-15)24(36)29-19-6-5-17(33(37)38)11-21(19)34(39)40/h1-11,13,18H,(H,29,36)(H,32,35)/b31-22-/t18-/m1/s1. The second-order valence-corrected chi connectivity index (χ2v) is 9.79. The molecular formula is C25H15BrN8O6S. The van der Waals surface area contributed by atoms with E-state index in [0.717, 1.165) is 33.5 Å². The first-order chi connectivity index (χ1) is 19.7. The van der Waals surface area contributed by atoms with Crippen LogP contribution >= 0.6 is 27.3 Å². The van der Waals surface area contributed by atoms with Gasteiger partial charge >= 0.3 is 0 Å². The number of nitrogens with one attached hydrogen (secondary N) is 2. The van der Waals surface area contributed by atoms with Gasteiger partial charge in [0.2, 0.25) is 0 Å². The highest BCUT2D eigenvalue weighted by Crippen LogP contribution is 2.31. The third-order valence-corrected chi connectivity index (χ3v) is 6.84. The highest BCUT2D eigenvalue weighted by atomic mass is 79.9. The smallest absolute Gasteiger partial charge is 0.299 e. The van der Waals surface area contributed by atoms with Gasteiger partial charge in [-0.15, -0.1) is 11.3 Å². The molecule has 0 bridgehead atoms. The average Bonchev–Trinajstić information content (AvgIpc) is 3.45. The van der Waals surface area contributed by atoms with Crippen LogP contribution in [0.2, 0.25) is 0 Å². The highest BCUT2D eigenvalue weighted by molar-refractivity contribution is 9.10. The maximum Gasteiger partial charge on any atom is 0.299 e. The number of pyridine rings is 1. The minimum atomic E-state index is -1.40. The van der Waals surface area contributed by atoms with Gasteiger partial charge in [0.15, 0.2) is 0 Å². The lowest BCUT2D eigenvalue weighted by Crippen LogP contribution is -2.32. The number of hydrogen-bond donors (Lipinski definition) is 2. The lowest BCUT2D eigenvalue weighted by atomic mass is 10.0. The van der Waals surface area contributed by atoms with Crippen molar-refractivity contribution in [2.24, 2.45) is 5.10 Å². The number of nitro benzene ring substituents is 2. The van der Waals surface area contributed by atoms with Crippen LogP contribution in [0.3, 0.4) is 0 Å². The van der Waals surface area contributed by atoms with Crippen LogP contribution in [0.25, 0.3) is 11.3 Å². The number of benzene rings is 2. The Labute approximate surface area is 242 Å². The van der Waals surface area contributed by atoms with Crippen LogP contribution in [0.1, 0.15) is 21.3 Å². The Morgan fingerprint density at radius 3 is 2.39 bits per heavy atom. The van der Waals surface area contributed by atoms with E-state index in [-0.39, 0.29) is 16.3 Å². The van der Waals surface area contributed by atoms with Crippen molar-refractivity contribution in [2.45, 2.75) is 5.92 Å². The molecule has 14 nitrogen and oxygen atoms in total. The van der Waals surface area contributed by atoms with E-state index < -0.39 is 44.7 Å². The lowest BCUT2D eigenvalue weighted by Gasteiger charge is -2.12. The number of amides is 2. The molecule has 2 N–H and O–H groups in total. The molecule has 0 unspecified atom stereocenters. The fourth-order valence-electron chi connectivity index (χ4n) is 3.41. The van der Waals surface area contributed by atoms with E-state index in [1.807, 2.05) is 18.2 Å². The Morgan fingerprint density at radius 1 is 1.05 bits per heavy atom. The van der Waals surface area contributed by atoms with E-state index in [4.69, 9.17) is 0 Å². The van der Waals surface area contributed by atoms with Gasteiger partial charge in [-0.1, -0.05) is 28.1 Å². The molecule has 4 aromatic rings. The van der Waals surface area contributed by atoms with Crippen molar-refractivity contribution in [3.05, 3.63) is 108 Å². The van der Waals surface area contributed by atoms with Gasteiger partial charge in [0.25, 0.3) is 23.2 Å². The van der Waals surface area contributed by atoms with Crippen LogP contribution in [-0.4, -0.2) is 37.3 Å². The molecule has 0 aliphatic carbocycles. The molecule has 0 spiro atoms. The molecule has 0 aliphatic heterocycles. The average molecular weight is 635 g/mol. The van der Waals surface area contributed by atoms with Crippen molar-refractivity contribution >= 4 is 61.9 Å². The van der Waals surface area contributed by atoms with Gasteiger partial charge in [-0.3, -0.25) is 34.8 Å². The van der Waals surface area contributed by atoms with E-state index >= 15 is 0 Å². The first kappa shape index (κ1) is 28.6. The van der Waals surface area contributed by atoms with Crippen molar-refractivity contribution in [1.82, 2.24) is 15.4 Å². The molecule has 0 fully saturated rings. The fraction of sp³-hybridized carbons (Fsp3) is 0.0400. The number of nitrogens with zero attached hydrogens (tertiary/aromatic N) is 6. The number of aromatic nitrogens is 2. The molecule has 2 amide bonds. The summed E-state index contributed by atoms with van der Waals surface area (Å²) in [7, 11) is 0. The van der Waals surface area contributed by atoms with Crippen LogP contribution in [0, 0.1) is 31.6 Å². The Bertz CT molecular complexity index is 1720. The zero-order chi connectivity index (χ0) is 29.5. The largest absolute Gasteiger partial charge is 0.315 e. The Morgan fingerprint density at radius 2 is 1.76 bits per heavy atom. The van der Waals surface area contributed by atoms with Crippen LogP contribution < -0.4 is 10.7 Å². The minimum absolute atomic E-state index is 0.162. The summed E-state index contributed by atoms with van der Waals surface area (Å²) in [6.45, 7) is 0. The van der Waals surface area contributed by atoms with Crippen LogP contribution in [0.5, 0.6) is 0 Å². The summed E-state index contributed by atoms with van der Waals surface area (Å²) in [6.07, 6.45) is 2.74. The lowest BCUT2D eigenvalue weighted by molar-refractivity contribution is -0.393. The number of nitriles is 1. The number of anilines is 1. The SMILES string of the molecule is N#C[C@H](/C(=N/NC(=O)c1ccncc1)C(=O)Nc1ccc([N+](=O)[O-])cc1[N+](=O)[O-])c1nc(-c2ccc(Br)cc2)cs1.